The molecule has 1 N–H and O–H groups in total. The molecule has 0 atom stereocenters. The number of amides is 1. The van der Waals surface area contributed by atoms with E-state index in [1.807, 2.05) is 13.8 Å². The Morgan fingerprint density at radius 2 is 2.20 bits per heavy atom. The maximum Gasteiger partial charge on any atom is 0.254 e. The Balaban J connectivity index is 2.08. The summed E-state index contributed by atoms with van der Waals surface area (Å²) < 4.78 is 5.53. The summed E-state index contributed by atoms with van der Waals surface area (Å²) in [7, 11) is 0. The van der Waals surface area contributed by atoms with E-state index in [0.717, 1.165) is 0 Å². The number of hydrogen-bond donors (Lipinski definition) is 1. The summed E-state index contributed by atoms with van der Waals surface area (Å²) in [6.45, 7) is 5.48. The largest absolute Gasteiger partial charge is 0.508 e. The lowest BCUT2D eigenvalue weighted by Crippen LogP contribution is -2.49. The van der Waals surface area contributed by atoms with Crippen molar-refractivity contribution >= 4 is 5.91 Å². The van der Waals surface area contributed by atoms with Gasteiger partial charge in [-0.2, -0.15) is 5.26 Å². The number of nitriles is 1. The first-order chi connectivity index (χ1) is 9.49. The van der Waals surface area contributed by atoms with Crippen LogP contribution in [0.5, 0.6) is 11.5 Å². The number of nitrogens with zero attached hydrogens (tertiary/aromatic N) is 2. The van der Waals surface area contributed by atoms with Crippen molar-refractivity contribution in [3.63, 3.8) is 0 Å². The van der Waals surface area contributed by atoms with Gasteiger partial charge in [0.1, 0.15) is 11.5 Å². The molecule has 5 nitrogen and oxygen atoms in total. The van der Waals surface area contributed by atoms with Crippen LogP contribution in [0.1, 0.15) is 24.2 Å². The molecule has 5 heteroatoms. The maximum atomic E-state index is 12.2. The van der Waals surface area contributed by atoms with Crippen LogP contribution in [0.15, 0.2) is 18.2 Å². The van der Waals surface area contributed by atoms with Gasteiger partial charge in [-0.3, -0.25) is 4.79 Å². The number of benzene rings is 1. The first-order valence-electron chi connectivity index (χ1n) is 6.65. The zero-order chi connectivity index (χ0) is 14.7. The summed E-state index contributed by atoms with van der Waals surface area (Å²) in [4.78, 5) is 13.8. The molecule has 1 aromatic rings. The van der Waals surface area contributed by atoms with Gasteiger partial charge in [0.25, 0.3) is 5.91 Å². The highest BCUT2D eigenvalue weighted by Gasteiger charge is 2.31. The second kappa shape index (κ2) is 5.83. The summed E-state index contributed by atoms with van der Waals surface area (Å²) in [5.74, 6) is 0.601. The van der Waals surface area contributed by atoms with Gasteiger partial charge in [-0.15, -0.1) is 0 Å². The van der Waals surface area contributed by atoms with E-state index in [1.54, 1.807) is 11.0 Å². The van der Waals surface area contributed by atoms with E-state index < -0.39 is 0 Å². The minimum Gasteiger partial charge on any atom is -0.508 e. The van der Waals surface area contributed by atoms with Gasteiger partial charge in [0, 0.05) is 24.7 Å². The SMILES string of the molecule is CC(C)COc1cc(O)cc(C(=O)N2CC(C#N)C2)c1. The van der Waals surface area contributed by atoms with Crippen molar-refractivity contribution in [2.24, 2.45) is 11.8 Å². The molecule has 0 unspecified atom stereocenters. The van der Waals surface area contributed by atoms with Crippen molar-refractivity contribution < 1.29 is 14.6 Å². The lowest BCUT2D eigenvalue weighted by molar-refractivity contribution is 0.0576. The van der Waals surface area contributed by atoms with E-state index in [4.69, 9.17) is 10.00 Å². The van der Waals surface area contributed by atoms with Gasteiger partial charge in [-0.25, -0.2) is 0 Å². The lowest BCUT2D eigenvalue weighted by Gasteiger charge is -2.35. The van der Waals surface area contributed by atoms with Crippen LogP contribution in [0.4, 0.5) is 0 Å². The monoisotopic (exact) mass is 274 g/mol. The Morgan fingerprint density at radius 1 is 1.50 bits per heavy atom. The number of hydrogen-bond acceptors (Lipinski definition) is 4. The van der Waals surface area contributed by atoms with Gasteiger partial charge >= 0.3 is 0 Å². The van der Waals surface area contributed by atoms with Crippen LogP contribution in [0.25, 0.3) is 0 Å². The summed E-state index contributed by atoms with van der Waals surface area (Å²) in [6, 6.07) is 6.67. The Kier molecular flexibility index (Phi) is 4.14. The summed E-state index contributed by atoms with van der Waals surface area (Å²) >= 11 is 0. The fraction of sp³-hybridized carbons (Fsp3) is 0.467. The van der Waals surface area contributed by atoms with Crippen LogP contribution < -0.4 is 4.74 Å². The molecule has 0 radical (unpaired) electrons. The minimum absolute atomic E-state index is 0.00645. The molecule has 106 valence electrons. The minimum atomic E-state index is -0.179. The third kappa shape index (κ3) is 3.21. The summed E-state index contributed by atoms with van der Waals surface area (Å²) in [6.07, 6.45) is 0. The normalized spacial score (nSPS) is 14.8. The summed E-state index contributed by atoms with van der Waals surface area (Å²) in [5.41, 5.74) is 0.389. The molecule has 1 amide bonds. The molecule has 1 aromatic carbocycles. The number of likely N-dealkylation sites (tertiary alicyclic amines) is 1. The standard InChI is InChI=1S/C15H18N2O3/c1-10(2)9-20-14-4-12(3-13(18)5-14)15(19)17-7-11(6-16)8-17/h3-5,10-11,18H,7-9H2,1-2H3. The maximum absolute atomic E-state index is 12.2. The molecule has 0 spiro atoms. The Labute approximate surface area is 118 Å². The number of aromatic hydroxyl groups is 1. The third-order valence-electron chi connectivity index (χ3n) is 3.07. The quantitative estimate of drug-likeness (QED) is 0.911. The van der Waals surface area contributed by atoms with E-state index in [9.17, 15) is 9.90 Å². The van der Waals surface area contributed by atoms with E-state index in [1.165, 1.54) is 12.1 Å². The topological polar surface area (TPSA) is 73.6 Å². The fourth-order valence-electron chi connectivity index (χ4n) is 1.96. The van der Waals surface area contributed by atoms with Gasteiger partial charge in [0.15, 0.2) is 0 Å². The Bertz CT molecular complexity index is 543. The molecule has 1 fully saturated rings. The van der Waals surface area contributed by atoms with Crippen LogP contribution in [0.2, 0.25) is 0 Å². The van der Waals surface area contributed by atoms with Crippen LogP contribution in [0.3, 0.4) is 0 Å². The highest BCUT2D eigenvalue weighted by molar-refractivity contribution is 5.95. The number of ether oxygens (including phenoxy) is 1. The van der Waals surface area contributed by atoms with E-state index in [0.29, 0.717) is 36.9 Å². The summed E-state index contributed by atoms with van der Waals surface area (Å²) in [5, 5.41) is 18.4. The van der Waals surface area contributed by atoms with Crippen LogP contribution >= 0.6 is 0 Å². The number of rotatable bonds is 4. The van der Waals surface area contributed by atoms with Crippen LogP contribution in [0, 0.1) is 23.2 Å². The van der Waals surface area contributed by atoms with Crippen molar-refractivity contribution in [1.82, 2.24) is 4.90 Å². The van der Waals surface area contributed by atoms with Crippen molar-refractivity contribution in [3.8, 4) is 17.6 Å². The molecular formula is C15H18N2O3. The Morgan fingerprint density at radius 3 is 2.80 bits per heavy atom. The zero-order valence-electron chi connectivity index (χ0n) is 11.7. The average molecular weight is 274 g/mol. The van der Waals surface area contributed by atoms with Crippen molar-refractivity contribution in [3.05, 3.63) is 23.8 Å². The van der Waals surface area contributed by atoms with E-state index in [2.05, 4.69) is 6.07 Å². The van der Waals surface area contributed by atoms with Gasteiger partial charge in [-0.1, -0.05) is 13.8 Å². The van der Waals surface area contributed by atoms with Crippen molar-refractivity contribution in [1.29, 1.82) is 5.26 Å². The first-order valence-corrected chi connectivity index (χ1v) is 6.65. The van der Waals surface area contributed by atoms with Crippen molar-refractivity contribution in [2.75, 3.05) is 19.7 Å². The third-order valence-corrected chi connectivity index (χ3v) is 3.07. The highest BCUT2D eigenvalue weighted by atomic mass is 16.5. The van der Waals surface area contributed by atoms with Crippen LogP contribution in [-0.4, -0.2) is 35.6 Å². The number of carbonyl (C=O) groups excluding carboxylic acids is 1. The van der Waals surface area contributed by atoms with Gasteiger partial charge in [0.2, 0.25) is 0 Å². The predicted octanol–water partition coefficient (Wildman–Crippen LogP) is 2.02. The number of phenolic OH excluding ortho intramolecular Hbond substituents is 1. The molecule has 0 bridgehead atoms. The molecule has 20 heavy (non-hydrogen) atoms. The molecule has 2 rings (SSSR count). The molecule has 0 aliphatic carbocycles. The predicted molar refractivity (Wildman–Crippen MR) is 73.4 cm³/mol. The van der Waals surface area contributed by atoms with Gasteiger partial charge in [-0.05, 0) is 18.1 Å². The molecule has 0 saturated carbocycles. The first kappa shape index (κ1) is 14.2. The molecule has 1 aliphatic rings. The Hall–Kier alpha value is -2.22. The fourth-order valence-corrected chi connectivity index (χ4v) is 1.96. The van der Waals surface area contributed by atoms with Gasteiger partial charge in [0.05, 0.1) is 18.6 Å². The average Bonchev–Trinajstić information content (AvgIpc) is 2.34. The second-order valence-electron chi connectivity index (χ2n) is 5.46. The molecule has 0 aromatic heterocycles. The van der Waals surface area contributed by atoms with Gasteiger partial charge < -0.3 is 14.7 Å². The number of carbonyl (C=O) groups is 1. The van der Waals surface area contributed by atoms with Crippen LogP contribution in [-0.2, 0) is 0 Å². The highest BCUT2D eigenvalue weighted by Crippen LogP contribution is 2.25. The lowest BCUT2D eigenvalue weighted by atomic mass is 10.0. The zero-order valence-corrected chi connectivity index (χ0v) is 11.7. The molecule has 1 saturated heterocycles. The molecule has 1 aliphatic heterocycles. The molecule has 1 heterocycles. The van der Waals surface area contributed by atoms with E-state index in [-0.39, 0.29) is 17.6 Å². The smallest absolute Gasteiger partial charge is 0.254 e. The van der Waals surface area contributed by atoms with E-state index >= 15 is 0 Å². The van der Waals surface area contributed by atoms with Crippen molar-refractivity contribution in [2.45, 2.75) is 13.8 Å². The number of phenols is 1. The second-order valence-corrected chi connectivity index (χ2v) is 5.46. The molecular weight excluding hydrogens is 256 g/mol.